The fraction of sp³-hybridized carbons (Fsp3) is 0.250. The Morgan fingerprint density at radius 2 is 0.455 bits per heavy atom. The number of fused-ring (bicyclic) bond motifs is 19. The molecule has 0 aliphatic carbocycles. The lowest BCUT2D eigenvalue weighted by Gasteiger charge is -2.20. The Morgan fingerprint density at radius 3 is 0.691 bits per heavy atom. The molecule has 552 valence electrons. The fourth-order valence-electron chi connectivity index (χ4n) is 14.0. The molecule has 14 heteroatoms. The van der Waals surface area contributed by atoms with Gasteiger partial charge in [0.25, 0.3) is 0 Å². The summed E-state index contributed by atoms with van der Waals surface area (Å²) < 4.78 is 42.2. The predicted molar refractivity (Wildman–Crippen MR) is 447 cm³/mol. The Kier molecular flexibility index (Phi) is 17.6. The summed E-state index contributed by atoms with van der Waals surface area (Å²) in [6.07, 6.45) is 0. The summed E-state index contributed by atoms with van der Waals surface area (Å²) in [5.74, 6) is 6.91. The summed E-state index contributed by atoms with van der Waals surface area (Å²) in [5, 5.41) is 6.17. The molecule has 0 saturated carbocycles. The van der Waals surface area contributed by atoms with Crippen LogP contribution in [-0.4, -0.2) is 39.9 Å². The Bertz CT molecular complexity index is 5850. The molecule has 0 radical (unpaired) electrons. The first kappa shape index (κ1) is 72.1. The highest BCUT2D eigenvalue weighted by Crippen LogP contribution is 2.49. The number of rotatable bonds is 12. The van der Waals surface area contributed by atoms with Crippen molar-refractivity contribution in [3.8, 4) is 91.8 Å². The number of aromatic nitrogens is 8. The minimum Gasteiger partial charge on any atom is -0.453 e. The first-order chi connectivity index (χ1) is 52.2. The van der Waals surface area contributed by atoms with E-state index in [1.54, 1.807) is 0 Å². The SMILES string of the molecule is CC(C)(C)c1ccc(Oc2cc3c(cc2Oc2ccc(C(C)(C)C)cc2)-c2nc-3nc3[nH]c(nc4nc(nc5[nH]c(n2)c2cc(Oc6ccc(C(C)(C)C)cc6)c(Oc6ccc(C(C)(C)C)cc6)cc52)c2cccc5cccc4c52)c2cc(Oc4ccc(C(C)(C)C)cc4)c(Oc4ccc(C(C)(C)C)cc4)cc32)cc1. The monoisotopic (exact) mass is 1450 g/mol. The highest BCUT2D eigenvalue weighted by atomic mass is 16.5. The number of benzene rings is 11. The molecule has 0 unspecified atom stereocenters. The van der Waals surface area contributed by atoms with Crippen LogP contribution in [0.3, 0.4) is 0 Å². The molecule has 0 amide bonds. The van der Waals surface area contributed by atoms with Crippen LogP contribution < -0.4 is 28.4 Å². The smallest absolute Gasteiger partial charge is 0.170 e. The lowest BCUT2D eigenvalue weighted by atomic mass is 9.87. The third-order valence-electron chi connectivity index (χ3n) is 20.6. The molecular weight excluding hydrogens is 1360 g/mol. The van der Waals surface area contributed by atoms with Gasteiger partial charge in [0.15, 0.2) is 57.4 Å². The van der Waals surface area contributed by atoms with E-state index in [-0.39, 0.29) is 32.5 Å². The van der Waals surface area contributed by atoms with E-state index in [9.17, 15) is 0 Å². The van der Waals surface area contributed by atoms with Crippen LogP contribution in [0.25, 0.3) is 99.7 Å². The molecule has 14 nitrogen and oxygen atoms in total. The van der Waals surface area contributed by atoms with Crippen LogP contribution in [0.15, 0.2) is 218 Å². The van der Waals surface area contributed by atoms with E-state index >= 15 is 0 Å². The average Bonchev–Trinajstić information content (AvgIpc) is 1.54. The van der Waals surface area contributed by atoms with Gasteiger partial charge in [0, 0.05) is 48.8 Å². The van der Waals surface area contributed by atoms with Gasteiger partial charge in [-0.3, -0.25) is 0 Å². The normalized spacial score (nSPS) is 12.6. The van der Waals surface area contributed by atoms with Crippen molar-refractivity contribution in [2.75, 3.05) is 0 Å². The quantitative estimate of drug-likeness (QED) is 0.119. The number of hydrogen-bond donors (Lipinski definition) is 2. The van der Waals surface area contributed by atoms with Gasteiger partial charge < -0.3 is 38.4 Å². The highest BCUT2D eigenvalue weighted by molar-refractivity contribution is 6.19. The van der Waals surface area contributed by atoms with E-state index in [4.69, 9.17) is 58.3 Å². The maximum Gasteiger partial charge on any atom is 0.170 e. The predicted octanol–water partition coefficient (Wildman–Crippen LogP) is 26.7. The molecule has 2 N–H and O–H groups in total. The van der Waals surface area contributed by atoms with Gasteiger partial charge in [-0.15, -0.1) is 0 Å². The minimum absolute atomic E-state index is 0.0873. The highest BCUT2D eigenvalue weighted by Gasteiger charge is 2.29. The van der Waals surface area contributed by atoms with E-state index < -0.39 is 0 Å². The molecule has 16 rings (SSSR count). The van der Waals surface area contributed by atoms with Crippen molar-refractivity contribution in [1.29, 1.82) is 0 Å². The van der Waals surface area contributed by atoms with E-state index in [1.807, 2.05) is 121 Å². The lowest BCUT2D eigenvalue weighted by Crippen LogP contribution is -2.10. The summed E-state index contributed by atoms with van der Waals surface area (Å²) in [7, 11) is 0. The summed E-state index contributed by atoms with van der Waals surface area (Å²) in [6, 6.07) is 73.4. The largest absolute Gasteiger partial charge is 0.453 e. The van der Waals surface area contributed by atoms with Crippen molar-refractivity contribution in [2.24, 2.45) is 0 Å². The van der Waals surface area contributed by atoms with Gasteiger partial charge in [0.2, 0.25) is 0 Å². The van der Waals surface area contributed by atoms with Gasteiger partial charge in [-0.25, -0.2) is 29.9 Å². The maximum atomic E-state index is 7.05. The number of H-pyrrole nitrogens is 2. The van der Waals surface area contributed by atoms with Crippen LogP contribution in [0.4, 0.5) is 0 Å². The van der Waals surface area contributed by atoms with E-state index in [1.165, 1.54) is 22.3 Å². The third-order valence-corrected chi connectivity index (χ3v) is 20.6. The Hall–Kier alpha value is -12.2. The summed E-state index contributed by atoms with van der Waals surface area (Å²) in [4.78, 5) is 41.1. The first-order valence-electron chi connectivity index (χ1n) is 37.8. The molecule has 0 spiro atoms. The van der Waals surface area contributed by atoms with Crippen molar-refractivity contribution in [3.63, 3.8) is 0 Å². The third kappa shape index (κ3) is 14.5. The van der Waals surface area contributed by atoms with Crippen molar-refractivity contribution < 1.29 is 28.4 Å². The van der Waals surface area contributed by atoms with Gasteiger partial charge in [0.1, 0.15) is 57.1 Å². The first-order valence-corrected chi connectivity index (χ1v) is 37.8. The van der Waals surface area contributed by atoms with E-state index in [0.717, 1.165) is 32.7 Å². The summed E-state index contributed by atoms with van der Waals surface area (Å²) in [5.41, 5.74) is 10.2. The van der Waals surface area contributed by atoms with Gasteiger partial charge >= 0.3 is 0 Å². The van der Waals surface area contributed by atoms with Crippen LogP contribution in [0.1, 0.15) is 158 Å². The molecule has 8 bridgehead atoms. The zero-order chi connectivity index (χ0) is 77.1. The second-order valence-electron chi connectivity index (χ2n) is 35.1. The molecule has 0 atom stereocenters. The Labute approximate surface area is 642 Å². The van der Waals surface area contributed by atoms with Gasteiger partial charge in [0.05, 0.1) is 0 Å². The van der Waals surface area contributed by atoms with Crippen molar-refractivity contribution in [3.05, 3.63) is 252 Å². The molecule has 11 aromatic carbocycles. The van der Waals surface area contributed by atoms with Crippen molar-refractivity contribution >= 4 is 77.0 Å². The van der Waals surface area contributed by atoms with E-state index in [2.05, 4.69) is 232 Å². The topological polar surface area (TPSA) is 164 Å². The molecule has 4 aromatic heterocycles. The molecule has 1 aliphatic rings. The zero-order valence-corrected chi connectivity index (χ0v) is 65.9. The Balaban J connectivity index is 1.01. The van der Waals surface area contributed by atoms with Crippen LogP contribution in [0, 0.1) is 0 Å². The molecule has 0 saturated heterocycles. The molecular formula is C96H92N8O6. The van der Waals surface area contributed by atoms with Gasteiger partial charge in [-0.05, 0) is 180 Å². The molecule has 110 heavy (non-hydrogen) atoms. The van der Waals surface area contributed by atoms with Crippen LogP contribution >= 0.6 is 0 Å². The summed E-state index contributed by atoms with van der Waals surface area (Å²) >= 11 is 0. The fourth-order valence-corrected chi connectivity index (χ4v) is 14.0. The standard InChI is InChI=1S/C96H92N8O6/c1-91(2,3)56-25-37-62(38-26-56)105-76-49-70-72(51-78(76)107-64-41-29-58(30-42-64)93(7,8)9)87-100-85(70)98-83-68-23-19-21-55-22-20-24-69(82(55)68)84(97-83)99-86-71-50-77(106-63-39-27-57(28-40-63)92(4,5)6)79(108-65-43-31-59(32-44-65)94(10,11)12)52-73(71)88(101-86)103-90-75-54-81(110-67-47-35-61(36-48-67)96(16,17)18)80(53-74(75)89(102-87)104-90)109-66-45-33-60(34-46-66)95(13,14)15/h19-54H,1-18H3,(H2,97,98,99,100,101,102,103,104). The Morgan fingerprint density at radius 1 is 0.227 bits per heavy atom. The molecule has 0 fully saturated rings. The van der Waals surface area contributed by atoms with Crippen molar-refractivity contribution in [2.45, 2.75) is 157 Å². The van der Waals surface area contributed by atoms with Crippen LogP contribution in [0.5, 0.6) is 69.0 Å². The molecule has 15 aromatic rings. The number of hydrogen-bond acceptors (Lipinski definition) is 12. The van der Waals surface area contributed by atoms with E-state index in [0.29, 0.717) is 147 Å². The van der Waals surface area contributed by atoms with Gasteiger partial charge in [-0.2, -0.15) is 0 Å². The number of nitrogens with zero attached hydrogens (tertiary/aromatic N) is 6. The summed E-state index contributed by atoms with van der Waals surface area (Å²) in [6.45, 7) is 39.6. The second kappa shape index (κ2) is 26.9. The maximum absolute atomic E-state index is 7.05. The zero-order valence-electron chi connectivity index (χ0n) is 65.9. The number of ether oxygens (including phenoxy) is 6. The van der Waals surface area contributed by atoms with Gasteiger partial charge in [-0.1, -0.05) is 234 Å². The van der Waals surface area contributed by atoms with Crippen LogP contribution in [-0.2, 0) is 32.5 Å². The van der Waals surface area contributed by atoms with Crippen molar-refractivity contribution in [1.82, 2.24) is 39.9 Å². The number of aromatic amines is 2. The molecule has 5 heterocycles. The molecule has 1 aliphatic heterocycles. The number of nitrogens with one attached hydrogen (secondary N) is 2. The minimum atomic E-state index is -0.0992. The number of pyridine rings is 1. The second-order valence-corrected chi connectivity index (χ2v) is 35.1. The van der Waals surface area contributed by atoms with Crippen LogP contribution in [0.2, 0.25) is 0 Å². The lowest BCUT2D eigenvalue weighted by molar-refractivity contribution is 0.418. The average molecular weight is 1450 g/mol.